The predicted molar refractivity (Wildman–Crippen MR) is 85.7 cm³/mol. The van der Waals surface area contributed by atoms with Crippen molar-refractivity contribution < 1.29 is 18.0 Å². The van der Waals surface area contributed by atoms with Crippen molar-refractivity contribution in [1.29, 1.82) is 5.26 Å². The first-order valence-electron chi connectivity index (χ1n) is 6.89. The van der Waals surface area contributed by atoms with E-state index >= 15 is 0 Å². The molecule has 126 valence electrons. The lowest BCUT2D eigenvalue weighted by Crippen LogP contribution is -2.32. The van der Waals surface area contributed by atoms with E-state index in [0.29, 0.717) is 0 Å². The van der Waals surface area contributed by atoms with E-state index in [1.807, 2.05) is 0 Å². The van der Waals surface area contributed by atoms with Crippen LogP contribution in [0.4, 0.5) is 18.9 Å². The minimum Gasteiger partial charge on any atom is -0.360 e. The highest BCUT2D eigenvalue weighted by molar-refractivity contribution is 5.97. The maximum Gasteiger partial charge on any atom is 0.418 e. The molecule has 7 heteroatoms. The molecule has 0 unspecified atom stereocenters. The molecule has 0 aliphatic heterocycles. The molecule has 1 N–H and O–H groups in total. The number of amides is 1. The van der Waals surface area contributed by atoms with Gasteiger partial charge in [0.25, 0.3) is 5.91 Å². The summed E-state index contributed by atoms with van der Waals surface area (Å²) in [5.74, 6) is -0.630. The second kappa shape index (κ2) is 8.58. The normalized spacial score (nSPS) is 11.3. The summed E-state index contributed by atoms with van der Waals surface area (Å²) in [4.78, 5) is 13.5. The average Bonchev–Trinajstić information content (AvgIpc) is 2.54. The number of benzene rings is 1. The minimum atomic E-state index is -4.55. The van der Waals surface area contributed by atoms with E-state index in [-0.39, 0.29) is 24.4 Å². The standard InChI is InChI=1S/C17H16F3N3O/c1-3-9-23(10-4-2)16(24)13(11-21)12-22-15-8-6-5-7-14(15)17(18,19)20/h3-8,12,22H,1-2,9-10H2/b13-12-. The molecular formula is C17H16F3N3O. The van der Waals surface area contributed by atoms with Gasteiger partial charge in [0, 0.05) is 19.3 Å². The molecule has 0 aliphatic carbocycles. The van der Waals surface area contributed by atoms with Crippen molar-refractivity contribution in [3.63, 3.8) is 0 Å². The van der Waals surface area contributed by atoms with Crippen molar-refractivity contribution in [3.05, 3.63) is 66.9 Å². The molecule has 4 nitrogen and oxygen atoms in total. The number of halogens is 3. The fourth-order valence-electron chi connectivity index (χ4n) is 1.87. The Labute approximate surface area is 138 Å². The number of anilines is 1. The van der Waals surface area contributed by atoms with Crippen molar-refractivity contribution >= 4 is 11.6 Å². The number of carbonyl (C=O) groups is 1. The van der Waals surface area contributed by atoms with Crippen LogP contribution in [0, 0.1) is 11.3 Å². The van der Waals surface area contributed by atoms with Crippen molar-refractivity contribution in [1.82, 2.24) is 4.90 Å². The van der Waals surface area contributed by atoms with E-state index in [2.05, 4.69) is 18.5 Å². The van der Waals surface area contributed by atoms with Crippen LogP contribution in [0.25, 0.3) is 0 Å². The molecule has 0 radical (unpaired) electrons. The molecule has 1 rings (SSSR count). The number of alkyl halides is 3. The van der Waals surface area contributed by atoms with Crippen LogP contribution in [-0.2, 0) is 11.0 Å². The van der Waals surface area contributed by atoms with Gasteiger partial charge in [-0.25, -0.2) is 0 Å². The van der Waals surface area contributed by atoms with Crippen LogP contribution in [0.2, 0.25) is 0 Å². The molecule has 0 atom stereocenters. The van der Waals surface area contributed by atoms with Crippen LogP contribution in [0.15, 0.2) is 61.3 Å². The van der Waals surface area contributed by atoms with Gasteiger partial charge < -0.3 is 10.2 Å². The molecule has 24 heavy (non-hydrogen) atoms. The third-order valence-electron chi connectivity index (χ3n) is 2.94. The van der Waals surface area contributed by atoms with Gasteiger partial charge >= 0.3 is 6.18 Å². The lowest BCUT2D eigenvalue weighted by atomic mass is 10.1. The summed E-state index contributed by atoms with van der Waals surface area (Å²) in [6, 6.07) is 6.48. The van der Waals surface area contributed by atoms with Crippen molar-refractivity contribution in [2.45, 2.75) is 6.18 Å². The van der Waals surface area contributed by atoms with E-state index in [9.17, 15) is 18.0 Å². The highest BCUT2D eigenvalue weighted by Gasteiger charge is 2.33. The zero-order valence-corrected chi connectivity index (χ0v) is 12.8. The van der Waals surface area contributed by atoms with Gasteiger partial charge in [0.05, 0.1) is 11.3 Å². The number of nitrogens with one attached hydrogen (secondary N) is 1. The highest BCUT2D eigenvalue weighted by atomic mass is 19.4. The van der Waals surface area contributed by atoms with Gasteiger partial charge in [-0.2, -0.15) is 18.4 Å². The smallest absolute Gasteiger partial charge is 0.360 e. The number of para-hydroxylation sites is 1. The van der Waals surface area contributed by atoms with E-state index in [0.717, 1.165) is 12.3 Å². The molecule has 0 heterocycles. The maximum absolute atomic E-state index is 12.9. The molecule has 0 fully saturated rings. The van der Waals surface area contributed by atoms with Gasteiger partial charge in [-0.3, -0.25) is 4.79 Å². The zero-order chi connectivity index (χ0) is 18.2. The van der Waals surface area contributed by atoms with Gasteiger partial charge in [0.1, 0.15) is 11.6 Å². The number of hydrogen-bond donors (Lipinski definition) is 1. The topological polar surface area (TPSA) is 56.1 Å². The van der Waals surface area contributed by atoms with E-state index in [1.54, 1.807) is 6.07 Å². The fraction of sp³-hybridized carbons (Fsp3) is 0.176. The lowest BCUT2D eigenvalue weighted by molar-refractivity contribution is -0.137. The van der Waals surface area contributed by atoms with Crippen LogP contribution in [0.5, 0.6) is 0 Å². The molecule has 1 amide bonds. The van der Waals surface area contributed by atoms with Gasteiger partial charge in [0.15, 0.2) is 0 Å². The Morgan fingerprint density at radius 1 is 1.25 bits per heavy atom. The minimum absolute atomic E-state index is 0.184. The monoisotopic (exact) mass is 335 g/mol. The first-order chi connectivity index (χ1) is 11.3. The van der Waals surface area contributed by atoms with Gasteiger partial charge in [-0.15, -0.1) is 13.2 Å². The Morgan fingerprint density at radius 3 is 2.33 bits per heavy atom. The average molecular weight is 335 g/mol. The Morgan fingerprint density at radius 2 is 1.83 bits per heavy atom. The Bertz CT molecular complexity index is 677. The molecule has 0 spiro atoms. The summed E-state index contributed by atoms with van der Waals surface area (Å²) in [5.41, 5.74) is -1.46. The van der Waals surface area contributed by atoms with Crippen LogP contribution < -0.4 is 5.32 Å². The van der Waals surface area contributed by atoms with Crippen LogP contribution in [-0.4, -0.2) is 23.9 Å². The number of rotatable bonds is 7. The van der Waals surface area contributed by atoms with Crippen molar-refractivity contribution in [3.8, 4) is 6.07 Å². The SMILES string of the molecule is C=CCN(CC=C)C(=O)/C(C#N)=C\Nc1ccccc1C(F)(F)F. The summed E-state index contributed by atoms with van der Waals surface area (Å²) in [6.45, 7) is 7.39. The Kier molecular flexibility index (Phi) is 6.80. The van der Waals surface area contributed by atoms with Crippen LogP contribution >= 0.6 is 0 Å². The molecule has 0 saturated heterocycles. The van der Waals surface area contributed by atoms with Gasteiger partial charge in [-0.05, 0) is 12.1 Å². The molecule has 1 aromatic carbocycles. The highest BCUT2D eigenvalue weighted by Crippen LogP contribution is 2.34. The second-order valence-corrected chi connectivity index (χ2v) is 4.64. The number of carbonyl (C=O) groups excluding carboxylic acids is 1. The second-order valence-electron chi connectivity index (χ2n) is 4.64. The molecule has 0 saturated carbocycles. The number of nitrogens with zero attached hydrogens (tertiary/aromatic N) is 2. The Hall–Kier alpha value is -3.01. The number of nitriles is 1. The lowest BCUT2D eigenvalue weighted by Gasteiger charge is -2.18. The summed E-state index contributed by atoms with van der Waals surface area (Å²) in [5, 5.41) is 11.5. The van der Waals surface area contributed by atoms with E-state index < -0.39 is 17.6 Å². The summed E-state index contributed by atoms with van der Waals surface area (Å²) in [7, 11) is 0. The largest absolute Gasteiger partial charge is 0.418 e. The number of hydrogen-bond acceptors (Lipinski definition) is 3. The van der Waals surface area contributed by atoms with E-state index in [4.69, 9.17) is 5.26 Å². The predicted octanol–water partition coefficient (Wildman–Crippen LogP) is 3.73. The summed E-state index contributed by atoms with van der Waals surface area (Å²) in [6.07, 6.45) is -0.635. The zero-order valence-electron chi connectivity index (χ0n) is 12.8. The molecule has 1 aromatic rings. The van der Waals surface area contributed by atoms with E-state index in [1.165, 1.54) is 35.3 Å². The molecule has 0 aromatic heterocycles. The first kappa shape index (κ1) is 19.0. The molecule has 0 bridgehead atoms. The third kappa shape index (κ3) is 5.02. The maximum atomic E-state index is 12.9. The van der Waals surface area contributed by atoms with Gasteiger partial charge in [-0.1, -0.05) is 24.3 Å². The fourth-order valence-corrected chi connectivity index (χ4v) is 1.87. The molecular weight excluding hydrogens is 319 g/mol. The first-order valence-corrected chi connectivity index (χ1v) is 6.89. The third-order valence-corrected chi connectivity index (χ3v) is 2.94. The van der Waals surface area contributed by atoms with Crippen molar-refractivity contribution in [2.75, 3.05) is 18.4 Å². The summed E-state index contributed by atoms with van der Waals surface area (Å²) < 4.78 is 38.8. The Balaban J connectivity index is 3.07. The van der Waals surface area contributed by atoms with Crippen LogP contribution in [0.1, 0.15) is 5.56 Å². The summed E-state index contributed by atoms with van der Waals surface area (Å²) >= 11 is 0. The van der Waals surface area contributed by atoms with Crippen LogP contribution in [0.3, 0.4) is 0 Å². The van der Waals surface area contributed by atoms with Gasteiger partial charge in [0.2, 0.25) is 0 Å². The quantitative estimate of drug-likeness (QED) is 0.469. The molecule has 0 aliphatic rings. The van der Waals surface area contributed by atoms with Crippen molar-refractivity contribution in [2.24, 2.45) is 0 Å².